The zero-order valence-corrected chi connectivity index (χ0v) is 15.0. The fourth-order valence-corrected chi connectivity index (χ4v) is 4.01. The van der Waals surface area contributed by atoms with Crippen LogP contribution in [0.4, 0.5) is 13.2 Å². The van der Waals surface area contributed by atoms with Gasteiger partial charge in [-0.3, -0.25) is 4.79 Å². The summed E-state index contributed by atoms with van der Waals surface area (Å²) in [6.45, 7) is 1.07. The Labute approximate surface area is 158 Å². The molecule has 2 heterocycles. The maximum Gasteiger partial charge on any atom is 0.417 e. The molecule has 1 aromatic heterocycles. The summed E-state index contributed by atoms with van der Waals surface area (Å²) in [6.07, 6.45) is -3.61. The van der Waals surface area contributed by atoms with E-state index in [1.165, 1.54) is 16.8 Å². The van der Waals surface area contributed by atoms with E-state index >= 15 is 0 Å². The van der Waals surface area contributed by atoms with Gasteiger partial charge in [-0.25, -0.2) is 4.98 Å². The third kappa shape index (κ3) is 3.64. The number of amides is 1. The van der Waals surface area contributed by atoms with Crippen LogP contribution in [-0.2, 0) is 24.1 Å². The second-order valence-corrected chi connectivity index (χ2v) is 7.35. The van der Waals surface area contributed by atoms with E-state index in [9.17, 15) is 18.0 Å². The van der Waals surface area contributed by atoms with Crippen LogP contribution < -0.4 is 0 Å². The van der Waals surface area contributed by atoms with Crippen molar-refractivity contribution in [3.05, 3.63) is 71.4 Å². The van der Waals surface area contributed by atoms with Crippen molar-refractivity contribution >= 4 is 28.4 Å². The van der Waals surface area contributed by atoms with Gasteiger partial charge in [0.1, 0.15) is 0 Å². The monoisotopic (exact) mass is 388 g/mol. The van der Waals surface area contributed by atoms with Crippen LogP contribution in [-0.4, -0.2) is 21.5 Å². The van der Waals surface area contributed by atoms with E-state index in [0.717, 1.165) is 35.2 Å². The summed E-state index contributed by atoms with van der Waals surface area (Å²) in [5.41, 5.74) is 1.43. The number of aromatic nitrogens is 1. The van der Waals surface area contributed by atoms with E-state index in [0.29, 0.717) is 18.1 Å². The van der Waals surface area contributed by atoms with Crippen molar-refractivity contribution < 1.29 is 18.0 Å². The van der Waals surface area contributed by atoms with Crippen LogP contribution in [0, 0.1) is 0 Å². The maximum atomic E-state index is 12.6. The number of nitrogens with zero attached hydrogens (tertiary/aromatic N) is 2. The lowest BCUT2D eigenvalue weighted by Crippen LogP contribution is -2.33. The lowest BCUT2D eigenvalue weighted by molar-refractivity contribution is -0.138. The molecule has 0 N–H and O–H groups in total. The number of benzene rings is 2. The average Bonchev–Trinajstić information content (AvgIpc) is 2.66. The quantitative estimate of drug-likeness (QED) is 0.599. The van der Waals surface area contributed by atoms with Crippen LogP contribution >= 0.6 is 11.8 Å². The molecule has 0 spiro atoms. The van der Waals surface area contributed by atoms with Crippen molar-refractivity contribution in [3.63, 3.8) is 0 Å². The fourth-order valence-electron chi connectivity index (χ4n) is 3.27. The lowest BCUT2D eigenvalue weighted by atomic mass is 9.95. The van der Waals surface area contributed by atoms with Crippen LogP contribution in [0.15, 0.2) is 59.8 Å². The standard InChI is InChI=1S/C20H15F3N2OS/c21-20(22,23)16-7-8-17(24-9-16)27-12-18(26)25-10-14-5-1-3-13-4-2-6-15(11-25)19(13)14/h1-9H,10-12H2. The molecule has 0 radical (unpaired) electrons. The minimum Gasteiger partial charge on any atom is -0.333 e. The Morgan fingerprint density at radius 1 is 1.04 bits per heavy atom. The van der Waals surface area contributed by atoms with Gasteiger partial charge in [-0.1, -0.05) is 48.2 Å². The molecule has 0 saturated carbocycles. The molecule has 0 fully saturated rings. The van der Waals surface area contributed by atoms with E-state index in [2.05, 4.69) is 17.1 Å². The Hall–Kier alpha value is -2.54. The molecule has 0 unspecified atom stereocenters. The highest BCUT2D eigenvalue weighted by Gasteiger charge is 2.30. The summed E-state index contributed by atoms with van der Waals surface area (Å²) in [7, 11) is 0. The number of carbonyl (C=O) groups excluding carboxylic acids is 1. The van der Waals surface area contributed by atoms with E-state index in [-0.39, 0.29) is 11.7 Å². The van der Waals surface area contributed by atoms with Crippen LogP contribution in [0.1, 0.15) is 16.7 Å². The zero-order valence-electron chi connectivity index (χ0n) is 14.2. The smallest absolute Gasteiger partial charge is 0.333 e. The first-order valence-corrected chi connectivity index (χ1v) is 9.34. The Morgan fingerprint density at radius 3 is 2.26 bits per heavy atom. The number of alkyl halides is 3. The van der Waals surface area contributed by atoms with Gasteiger partial charge in [-0.2, -0.15) is 13.2 Å². The first-order chi connectivity index (χ1) is 12.9. The molecule has 0 atom stereocenters. The van der Waals surface area contributed by atoms with Gasteiger partial charge >= 0.3 is 6.18 Å². The van der Waals surface area contributed by atoms with Gasteiger partial charge in [0.25, 0.3) is 0 Å². The average molecular weight is 388 g/mol. The van der Waals surface area contributed by atoms with Gasteiger partial charge < -0.3 is 4.90 Å². The van der Waals surface area contributed by atoms with Gasteiger partial charge in [0.05, 0.1) is 16.3 Å². The van der Waals surface area contributed by atoms with Crippen molar-refractivity contribution in [2.75, 3.05) is 5.75 Å². The van der Waals surface area contributed by atoms with Gasteiger partial charge in [0.2, 0.25) is 5.91 Å². The minimum absolute atomic E-state index is 0.0618. The first-order valence-electron chi connectivity index (χ1n) is 8.35. The third-order valence-electron chi connectivity index (χ3n) is 4.56. The van der Waals surface area contributed by atoms with Crippen LogP contribution in [0.5, 0.6) is 0 Å². The molecule has 4 rings (SSSR count). The summed E-state index contributed by atoms with van der Waals surface area (Å²) >= 11 is 1.15. The van der Waals surface area contributed by atoms with Crippen LogP contribution in [0.25, 0.3) is 10.8 Å². The zero-order chi connectivity index (χ0) is 19.0. The summed E-state index contributed by atoms with van der Waals surface area (Å²) < 4.78 is 37.8. The van der Waals surface area contributed by atoms with Crippen molar-refractivity contribution in [3.8, 4) is 0 Å². The number of hydrogen-bond acceptors (Lipinski definition) is 3. The Kier molecular flexibility index (Phi) is 4.55. The highest BCUT2D eigenvalue weighted by molar-refractivity contribution is 7.99. The Balaban J connectivity index is 1.44. The van der Waals surface area contributed by atoms with Crippen molar-refractivity contribution in [2.45, 2.75) is 24.3 Å². The summed E-state index contributed by atoms with van der Waals surface area (Å²) in [4.78, 5) is 18.2. The molecular weight excluding hydrogens is 373 g/mol. The van der Waals surface area contributed by atoms with Crippen molar-refractivity contribution in [1.82, 2.24) is 9.88 Å². The molecule has 0 bridgehead atoms. The highest BCUT2D eigenvalue weighted by atomic mass is 32.2. The molecule has 1 aliphatic rings. The second kappa shape index (κ2) is 6.88. The molecule has 1 amide bonds. The number of hydrogen-bond donors (Lipinski definition) is 0. The predicted octanol–water partition coefficient (Wildman–Crippen LogP) is 4.89. The van der Waals surface area contributed by atoms with Gasteiger partial charge in [0.15, 0.2) is 0 Å². The molecule has 138 valence electrons. The molecular formula is C20H15F3N2OS. The molecule has 7 heteroatoms. The van der Waals surface area contributed by atoms with Crippen molar-refractivity contribution in [2.24, 2.45) is 0 Å². The summed E-state index contributed by atoms with van der Waals surface area (Å²) in [5, 5.41) is 2.78. The second-order valence-electron chi connectivity index (χ2n) is 6.35. The van der Waals surface area contributed by atoms with E-state index < -0.39 is 11.7 Å². The number of halogens is 3. The van der Waals surface area contributed by atoms with E-state index in [1.54, 1.807) is 4.90 Å². The van der Waals surface area contributed by atoms with Crippen LogP contribution in [0.2, 0.25) is 0 Å². The van der Waals surface area contributed by atoms with Gasteiger partial charge in [0, 0.05) is 19.3 Å². The fraction of sp³-hybridized carbons (Fsp3) is 0.200. The number of thioether (sulfide) groups is 1. The number of pyridine rings is 1. The van der Waals surface area contributed by atoms with Crippen LogP contribution in [0.3, 0.4) is 0 Å². The molecule has 0 saturated heterocycles. The lowest BCUT2D eigenvalue weighted by Gasteiger charge is -2.29. The third-order valence-corrected chi connectivity index (χ3v) is 5.49. The molecule has 27 heavy (non-hydrogen) atoms. The molecule has 3 aromatic rings. The van der Waals surface area contributed by atoms with E-state index in [1.807, 2.05) is 24.3 Å². The first kappa shape index (κ1) is 17.9. The minimum atomic E-state index is -4.41. The highest BCUT2D eigenvalue weighted by Crippen LogP contribution is 2.31. The SMILES string of the molecule is O=C(CSc1ccc(C(F)(F)F)cn1)N1Cc2cccc3cccc(c23)C1. The van der Waals surface area contributed by atoms with Crippen molar-refractivity contribution in [1.29, 1.82) is 0 Å². The topological polar surface area (TPSA) is 33.2 Å². The predicted molar refractivity (Wildman–Crippen MR) is 98.2 cm³/mol. The largest absolute Gasteiger partial charge is 0.417 e. The normalized spacial score (nSPS) is 13.8. The number of rotatable bonds is 3. The Morgan fingerprint density at radius 2 is 1.70 bits per heavy atom. The molecule has 2 aromatic carbocycles. The van der Waals surface area contributed by atoms with Gasteiger partial charge in [-0.05, 0) is 34.0 Å². The molecule has 3 nitrogen and oxygen atoms in total. The maximum absolute atomic E-state index is 12.6. The summed E-state index contributed by atoms with van der Waals surface area (Å²) in [5.74, 6) is 0.0736. The summed E-state index contributed by atoms with van der Waals surface area (Å²) in [6, 6.07) is 14.4. The molecule has 1 aliphatic heterocycles. The Bertz CT molecular complexity index is 962. The number of carbonyl (C=O) groups is 1. The molecule has 0 aliphatic carbocycles. The van der Waals surface area contributed by atoms with Gasteiger partial charge in [-0.15, -0.1) is 0 Å². The van der Waals surface area contributed by atoms with E-state index in [4.69, 9.17) is 0 Å².